The fourth-order valence-electron chi connectivity index (χ4n) is 2.96. The molecule has 0 atom stereocenters. The van der Waals surface area contributed by atoms with E-state index in [1.807, 2.05) is 36.4 Å². The molecule has 0 spiro atoms. The lowest BCUT2D eigenvalue weighted by Gasteiger charge is -2.13. The lowest BCUT2D eigenvalue weighted by atomic mass is 10.1. The van der Waals surface area contributed by atoms with Crippen LogP contribution in [0, 0.1) is 28.4 Å². The maximum atomic E-state index is 12.8. The molecule has 3 aromatic rings. The van der Waals surface area contributed by atoms with Gasteiger partial charge < -0.3 is 10.1 Å². The van der Waals surface area contributed by atoms with Crippen molar-refractivity contribution in [2.75, 3.05) is 5.32 Å². The minimum absolute atomic E-state index is 0.00715. The van der Waals surface area contributed by atoms with Gasteiger partial charge in [-0.1, -0.05) is 52.3 Å². The van der Waals surface area contributed by atoms with Crippen LogP contribution in [0.4, 0.5) is 11.4 Å². The smallest absolute Gasteiger partial charge is 0.293 e. The lowest BCUT2D eigenvalue weighted by Crippen LogP contribution is -2.14. The summed E-state index contributed by atoms with van der Waals surface area (Å²) in [5.74, 6) is -0.321. The normalized spacial score (nSPS) is 10.9. The van der Waals surface area contributed by atoms with Gasteiger partial charge >= 0.3 is 0 Å². The first-order valence-electron chi connectivity index (χ1n) is 9.62. The molecule has 0 aromatic heterocycles. The molecule has 0 aliphatic rings. The summed E-state index contributed by atoms with van der Waals surface area (Å²) in [4.78, 5) is 23.5. The average Bonchev–Trinajstić information content (AvgIpc) is 2.78. The zero-order valence-corrected chi connectivity index (χ0v) is 20.5. The largest absolute Gasteiger partial charge is 0.487 e. The van der Waals surface area contributed by atoms with E-state index in [9.17, 15) is 20.2 Å². The molecule has 0 bridgehead atoms. The molecule has 7 nitrogen and oxygen atoms in total. The van der Waals surface area contributed by atoms with Crippen molar-refractivity contribution in [1.29, 1.82) is 5.26 Å². The van der Waals surface area contributed by atoms with Crippen molar-refractivity contribution in [2.24, 2.45) is 0 Å². The van der Waals surface area contributed by atoms with Crippen LogP contribution in [-0.2, 0) is 11.4 Å². The van der Waals surface area contributed by atoms with Gasteiger partial charge in [0.15, 0.2) is 0 Å². The van der Waals surface area contributed by atoms with E-state index in [1.54, 1.807) is 25.1 Å². The number of carbonyl (C=O) groups excluding carboxylic acids is 1. The molecule has 3 rings (SSSR count). The number of rotatable bonds is 7. The molecule has 33 heavy (non-hydrogen) atoms. The van der Waals surface area contributed by atoms with E-state index in [0.717, 1.165) is 5.56 Å². The molecule has 0 saturated heterocycles. The Hall–Kier alpha value is -3.48. The number of nitro benzene ring substituents is 1. The summed E-state index contributed by atoms with van der Waals surface area (Å²) in [5, 5.41) is 23.4. The van der Waals surface area contributed by atoms with E-state index in [0.29, 0.717) is 25.8 Å². The fourth-order valence-corrected chi connectivity index (χ4v) is 4.33. The number of aryl methyl sites for hydroxylation is 1. The number of halogens is 2. The third-order valence-electron chi connectivity index (χ3n) is 4.53. The second-order valence-corrected chi connectivity index (χ2v) is 8.75. The van der Waals surface area contributed by atoms with Gasteiger partial charge in [-0.3, -0.25) is 14.9 Å². The van der Waals surface area contributed by atoms with Gasteiger partial charge in [0.2, 0.25) is 0 Å². The Balaban J connectivity index is 1.93. The first kappa shape index (κ1) is 24.2. The Morgan fingerprint density at radius 2 is 1.91 bits per heavy atom. The van der Waals surface area contributed by atoms with E-state index < -0.39 is 10.8 Å². The van der Waals surface area contributed by atoms with Crippen LogP contribution in [0.1, 0.15) is 16.7 Å². The number of nitrogens with one attached hydrogen (secondary N) is 1. The van der Waals surface area contributed by atoms with E-state index in [4.69, 9.17) is 4.74 Å². The molecule has 0 aliphatic heterocycles. The predicted octanol–water partition coefficient (Wildman–Crippen LogP) is 6.55. The number of anilines is 1. The molecule has 166 valence electrons. The van der Waals surface area contributed by atoms with Gasteiger partial charge in [-0.25, -0.2) is 0 Å². The Morgan fingerprint density at radius 1 is 1.18 bits per heavy atom. The molecule has 0 fully saturated rings. The minimum atomic E-state index is -0.769. The summed E-state index contributed by atoms with van der Waals surface area (Å²) < 4.78 is 7.31. The molecule has 0 heterocycles. The van der Waals surface area contributed by atoms with Gasteiger partial charge in [0.05, 0.1) is 9.40 Å². The van der Waals surface area contributed by atoms with Crippen LogP contribution in [-0.4, -0.2) is 10.8 Å². The fraction of sp³-hybridized carbons (Fsp3) is 0.0833. The number of ether oxygens (including phenoxy) is 1. The van der Waals surface area contributed by atoms with Crippen molar-refractivity contribution < 1.29 is 14.5 Å². The maximum absolute atomic E-state index is 12.8. The van der Waals surface area contributed by atoms with E-state index >= 15 is 0 Å². The van der Waals surface area contributed by atoms with Gasteiger partial charge in [0.1, 0.15) is 29.7 Å². The lowest BCUT2D eigenvalue weighted by molar-refractivity contribution is -0.384. The highest BCUT2D eigenvalue weighted by molar-refractivity contribution is 9.11. The van der Waals surface area contributed by atoms with Crippen LogP contribution in [0.2, 0.25) is 0 Å². The summed E-state index contributed by atoms with van der Waals surface area (Å²) in [7, 11) is 0. The first-order valence-corrected chi connectivity index (χ1v) is 11.2. The van der Waals surface area contributed by atoms with E-state index in [2.05, 4.69) is 37.2 Å². The van der Waals surface area contributed by atoms with Crippen molar-refractivity contribution in [3.05, 3.63) is 102 Å². The third-order valence-corrected chi connectivity index (χ3v) is 5.57. The van der Waals surface area contributed by atoms with Crippen molar-refractivity contribution in [3.8, 4) is 11.8 Å². The molecule has 3 aromatic carbocycles. The van der Waals surface area contributed by atoms with Crippen LogP contribution in [0.3, 0.4) is 0 Å². The molecule has 9 heteroatoms. The highest BCUT2D eigenvalue weighted by atomic mass is 79.9. The van der Waals surface area contributed by atoms with Gasteiger partial charge in [-0.15, -0.1) is 0 Å². The number of nitrogens with zero attached hydrogens (tertiary/aromatic N) is 2. The van der Waals surface area contributed by atoms with Gasteiger partial charge in [-0.2, -0.15) is 5.26 Å². The summed E-state index contributed by atoms with van der Waals surface area (Å²) in [5.41, 5.74) is 1.63. The maximum Gasteiger partial charge on any atom is 0.293 e. The molecule has 0 saturated carbocycles. The summed E-state index contributed by atoms with van der Waals surface area (Å²) in [6.07, 6.45) is 1.38. The standard InChI is InChI=1S/C24H17Br2N3O4/c1-15-7-8-21(22(9-15)29(31)32)28-24(30)18(13-27)10-17-11-19(25)12-20(26)23(17)33-14-16-5-3-2-4-6-16/h2-12H,14H2,1H3,(H,28,30)/b18-10+. The number of carbonyl (C=O) groups is 1. The highest BCUT2D eigenvalue weighted by Gasteiger charge is 2.19. The molecule has 0 aliphatic carbocycles. The Morgan fingerprint density at radius 3 is 2.58 bits per heavy atom. The number of nitriles is 1. The molecule has 0 radical (unpaired) electrons. The van der Waals surface area contributed by atoms with Crippen LogP contribution in [0.15, 0.2) is 75.2 Å². The first-order chi connectivity index (χ1) is 15.8. The second-order valence-electron chi connectivity index (χ2n) is 6.98. The molecular formula is C24H17Br2N3O4. The zero-order chi connectivity index (χ0) is 24.0. The predicted molar refractivity (Wildman–Crippen MR) is 133 cm³/mol. The summed E-state index contributed by atoms with van der Waals surface area (Å²) >= 11 is 6.87. The highest BCUT2D eigenvalue weighted by Crippen LogP contribution is 2.35. The zero-order valence-electron chi connectivity index (χ0n) is 17.3. The van der Waals surface area contributed by atoms with Gasteiger partial charge in [0, 0.05) is 16.1 Å². The van der Waals surface area contributed by atoms with Crippen molar-refractivity contribution >= 4 is 55.2 Å². The number of hydrogen-bond donors (Lipinski definition) is 1. The average molecular weight is 571 g/mol. The topological polar surface area (TPSA) is 105 Å². The van der Waals surface area contributed by atoms with Crippen molar-refractivity contribution in [2.45, 2.75) is 13.5 Å². The monoisotopic (exact) mass is 569 g/mol. The Kier molecular flexibility index (Phi) is 7.98. The number of amides is 1. The Bertz CT molecular complexity index is 1280. The number of hydrogen-bond acceptors (Lipinski definition) is 5. The van der Waals surface area contributed by atoms with Crippen LogP contribution in [0.25, 0.3) is 6.08 Å². The third kappa shape index (κ3) is 6.28. The van der Waals surface area contributed by atoms with Crippen LogP contribution >= 0.6 is 31.9 Å². The van der Waals surface area contributed by atoms with Crippen molar-refractivity contribution in [1.82, 2.24) is 0 Å². The van der Waals surface area contributed by atoms with Gasteiger partial charge in [0.25, 0.3) is 11.6 Å². The van der Waals surface area contributed by atoms with Crippen molar-refractivity contribution in [3.63, 3.8) is 0 Å². The van der Waals surface area contributed by atoms with Crippen LogP contribution in [0.5, 0.6) is 5.75 Å². The van der Waals surface area contributed by atoms with E-state index in [-0.39, 0.29) is 23.6 Å². The number of nitro groups is 1. The Labute approximate surface area is 207 Å². The quantitative estimate of drug-likeness (QED) is 0.150. The molecular weight excluding hydrogens is 554 g/mol. The summed E-state index contributed by atoms with van der Waals surface area (Å²) in [6.45, 7) is 1.99. The minimum Gasteiger partial charge on any atom is -0.487 e. The van der Waals surface area contributed by atoms with Crippen LogP contribution < -0.4 is 10.1 Å². The molecule has 0 unspecified atom stereocenters. The SMILES string of the molecule is Cc1ccc(NC(=O)/C(C#N)=C/c2cc(Br)cc(Br)c2OCc2ccccc2)c([N+](=O)[O-])c1. The second kappa shape index (κ2) is 10.9. The van der Waals surface area contributed by atoms with E-state index in [1.165, 1.54) is 18.2 Å². The van der Waals surface area contributed by atoms with Gasteiger partial charge in [-0.05, 0) is 58.3 Å². The summed E-state index contributed by atoms with van der Waals surface area (Å²) in [6, 6.07) is 19.3. The molecule has 1 amide bonds. The molecule has 1 N–H and O–H groups in total. The number of benzene rings is 3.